The zero-order valence-electron chi connectivity index (χ0n) is 13.3. The number of halogens is 3. The van der Waals surface area contributed by atoms with E-state index in [2.05, 4.69) is 15.0 Å². The van der Waals surface area contributed by atoms with Crippen LogP contribution in [0.15, 0.2) is 35.4 Å². The Bertz CT molecular complexity index is 909. The molecule has 0 aliphatic rings. The predicted octanol–water partition coefficient (Wildman–Crippen LogP) is 3.61. The number of benzene rings is 1. The van der Waals surface area contributed by atoms with Gasteiger partial charge in [0.2, 0.25) is 0 Å². The average Bonchev–Trinajstić information content (AvgIpc) is 2.96. The number of fused-ring (bicyclic) bond motifs is 1. The van der Waals surface area contributed by atoms with Crippen molar-refractivity contribution in [2.45, 2.75) is 18.0 Å². The molecule has 0 aliphatic carbocycles. The Morgan fingerprint density at radius 1 is 1.28 bits per heavy atom. The van der Waals surface area contributed by atoms with Crippen LogP contribution in [-0.2, 0) is 11.2 Å². The maximum absolute atomic E-state index is 12.4. The SMILES string of the molecule is Cc1c(OCC(F)(F)F)ccnc1-c1nc2cccc([S+](C)[O-])c2[nH]1. The Labute approximate surface area is 144 Å². The van der Waals surface area contributed by atoms with Gasteiger partial charge >= 0.3 is 6.18 Å². The molecule has 9 heteroatoms. The fraction of sp³-hybridized carbons (Fsp3) is 0.250. The fourth-order valence-electron chi connectivity index (χ4n) is 2.43. The first-order valence-corrected chi connectivity index (χ1v) is 8.80. The molecule has 1 aromatic carbocycles. The van der Waals surface area contributed by atoms with Crippen LogP contribution in [0.3, 0.4) is 0 Å². The molecule has 1 atom stereocenters. The van der Waals surface area contributed by atoms with Crippen molar-refractivity contribution in [1.82, 2.24) is 15.0 Å². The number of aromatic amines is 1. The number of rotatable bonds is 4. The van der Waals surface area contributed by atoms with Gasteiger partial charge < -0.3 is 14.3 Å². The smallest absolute Gasteiger partial charge is 0.422 e. The molecule has 1 unspecified atom stereocenters. The van der Waals surface area contributed by atoms with E-state index < -0.39 is 24.0 Å². The van der Waals surface area contributed by atoms with Crippen LogP contribution >= 0.6 is 0 Å². The summed E-state index contributed by atoms with van der Waals surface area (Å²) in [4.78, 5) is 12.3. The lowest BCUT2D eigenvalue weighted by Crippen LogP contribution is -2.19. The summed E-state index contributed by atoms with van der Waals surface area (Å²) < 4.78 is 53.8. The molecule has 0 radical (unpaired) electrons. The van der Waals surface area contributed by atoms with Crippen LogP contribution in [0, 0.1) is 6.92 Å². The lowest BCUT2D eigenvalue weighted by Gasteiger charge is -2.12. The normalized spacial score (nSPS) is 13.2. The zero-order chi connectivity index (χ0) is 18.2. The topological polar surface area (TPSA) is 73.9 Å². The molecule has 2 heterocycles. The Kier molecular flexibility index (Phi) is 4.61. The maximum Gasteiger partial charge on any atom is 0.422 e. The van der Waals surface area contributed by atoms with E-state index in [0.29, 0.717) is 33.0 Å². The van der Waals surface area contributed by atoms with Gasteiger partial charge in [-0.3, -0.25) is 4.98 Å². The van der Waals surface area contributed by atoms with Crippen molar-refractivity contribution in [3.63, 3.8) is 0 Å². The van der Waals surface area contributed by atoms with E-state index in [9.17, 15) is 17.7 Å². The summed E-state index contributed by atoms with van der Waals surface area (Å²) in [6.07, 6.45) is -1.50. The molecule has 1 N–H and O–H groups in total. The molecule has 25 heavy (non-hydrogen) atoms. The van der Waals surface area contributed by atoms with Crippen LogP contribution in [0.25, 0.3) is 22.6 Å². The van der Waals surface area contributed by atoms with Crippen LogP contribution in [0.5, 0.6) is 5.75 Å². The maximum atomic E-state index is 12.4. The Balaban J connectivity index is 2.02. The van der Waals surface area contributed by atoms with Crippen molar-refractivity contribution in [3.05, 3.63) is 36.0 Å². The van der Waals surface area contributed by atoms with Gasteiger partial charge in [0, 0.05) is 11.8 Å². The third-order valence-electron chi connectivity index (χ3n) is 3.56. The quantitative estimate of drug-likeness (QED) is 0.713. The number of nitrogens with zero attached hydrogens (tertiary/aromatic N) is 2. The van der Waals surface area contributed by atoms with Crippen molar-refractivity contribution < 1.29 is 22.5 Å². The number of aromatic nitrogens is 3. The second-order valence-electron chi connectivity index (χ2n) is 5.38. The van der Waals surface area contributed by atoms with Gasteiger partial charge in [0.25, 0.3) is 0 Å². The van der Waals surface area contributed by atoms with E-state index in [1.54, 1.807) is 31.4 Å². The predicted molar refractivity (Wildman–Crippen MR) is 87.9 cm³/mol. The summed E-state index contributed by atoms with van der Waals surface area (Å²) in [5.74, 6) is 0.463. The highest BCUT2D eigenvalue weighted by Crippen LogP contribution is 2.30. The second-order valence-corrected chi connectivity index (χ2v) is 6.72. The molecule has 3 aromatic rings. The number of hydrogen-bond acceptors (Lipinski definition) is 4. The Hall–Kier alpha value is -2.26. The number of H-pyrrole nitrogens is 1. The number of hydrogen-bond donors (Lipinski definition) is 1. The van der Waals surface area contributed by atoms with E-state index in [1.807, 2.05) is 0 Å². The number of ether oxygens (including phenoxy) is 1. The third kappa shape index (κ3) is 3.72. The van der Waals surface area contributed by atoms with Crippen LogP contribution in [-0.4, -0.2) is 38.5 Å². The van der Waals surface area contributed by atoms with Gasteiger partial charge in [-0.1, -0.05) is 6.07 Å². The Morgan fingerprint density at radius 2 is 2.04 bits per heavy atom. The molecule has 5 nitrogen and oxygen atoms in total. The first-order valence-electron chi connectivity index (χ1n) is 7.24. The summed E-state index contributed by atoms with van der Waals surface area (Å²) in [5.41, 5.74) is 2.03. The van der Waals surface area contributed by atoms with Gasteiger partial charge in [-0.15, -0.1) is 0 Å². The third-order valence-corrected chi connectivity index (χ3v) is 4.52. The van der Waals surface area contributed by atoms with E-state index in [0.717, 1.165) is 0 Å². The summed E-state index contributed by atoms with van der Waals surface area (Å²) in [7, 11) is 0. The molecule has 0 aliphatic heterocycles. The minimum atomic E-state index is -4.42. The summed E-state index contributed by atoms with van der Waals surface area (Å²) in [5, 5.41) is 0. The van der Waals surface area contributed by atoms with Crippen molar-refractivity contribution in [2.24, 2.45) is 0 Å². The van der Waals surface area contributed by atoms with Crippen LogP contribution in [0.1, 0.15) is 5.56 Å². The first-order chi connectivity index (χ1) is 11.8. The monoisotopic (exact) mass is 369 g/mol. The minimum absolute atomic E-state index is 0.0853. The Morgan fingerprint density at radius 3 is 2.72 bits per heavy atom. The molecule has 132 valence electrons. The highest BCUT2D eigenvalue weighted by Gasteiger charge is 2.29. The molecular weight excluding hydrogens is 355 g/mol. The highest BCUT2D eigenvalue weighted by atomic mass is 32.2. The van der Waals surface area contributed by atoms with Crippen molar-refractivity contribution in [2.75, 3.05) is 12.9 Å². The minimum Gasteiger partial charge on any atom is -0.612 e. The molecule has 0 fully saturated rings. The largest absolute Gasteiger partial charge is 0.612 e. The van der Waals surface area contributed by atoms with E-state index in [-0.39, 0.29) is 5.75 Å². The number of alkyl halides is 3. The molecule has 0 saturated heterocycles. The highest BCUT2D eigenvalue weighted by molar-refractivity contribution is 7.91. The van der Waals surface area contributed by atoms with Crippen LogP contribution < -0.4 is 4.74 Å². The standard InChI is InChI=1S/C16H14F3N3O2S/c1-9-11(24-8-16(17,18)19)6-7-20-13(9)15-21-10-4-3-5-12(25(2)23)14(10)22-15/h3-7H,8H2,1-2H3,(H,21,22). The molecular formula is C16H14F3N3O2S. The number of para-hydroxylation sites is 1. The lowest BCUT2D eigenvalue weighted by molar-refractivity contribution is -0.153. The molecule has 0 amide bonds. The van der Waals surface area contributed by atoms with Gasteiger partial charge in [-0.2, -0.15) is 13.2 Å². The van der Waals surface area contributed by atoms with Crippen molar-refractivity contribution >= 4 is 22.2 Å². The number of nitrogens with one attached hydrogen (secondary N) is 1. The van der Waals surface area contributed by atoms with Gasteiger partial charge in [0.1, 0.15) is 23.2 Å². The van der Waals surface area contributed by atoms with E-state index in [4.69, 9.17) is 4.74 Å². The number of imidazole rings is 1. The number of pyridine rings is 1. The molecule has 0 bridgehead atoms. The van der Waals surface area contributed by atoms with Gasteiger partial charge in [0.15, 0.2) is 17.3 Å². The van der Waals surface area contributed by atoms with Crippen LogP contribution in [0.4, 0.5) is 13.2 Å². The van der Waals surface area contributed by atoms with Gasteiger partial charge in [0.05, 0.1) is 5.52 Å². The van der Waals surface area contributed by atoms with E-state index in [1.165, 1.54) is 12.3 Å². The molecule has 2 aromatic heterocycles. The van der Waals surface area contributed by atoms with Gasteiger partial charge in [-0.25, -0.2) is 4.98 Å². The average molecular weight is 369 g/mol. The van der Waals surface area contributed by atoms with Crippen molar-refractivity contribution in [1.29, 1.82) is 0 Å². The second kappa shape index (κ2) is 6.57. The summed E-state index contributed by atoms with van der Waals surface area (Å²) in [6.45, 7) is 0.233. The fourth-order valence-corrected chi connectivity index (χ4v) is 3.14. The molecule has 0 spiro atoms. The van der Waals surface area contributed by atoms with Crippen LogP contribution in [0.2, 0.25) is 0 Å². The first kappa shape index (κ1) is 17.6. The van der Waals surface area contributed by atoms with Gasteiger partial charge in [-0.05, 0) is 36.3 Å². The summed E-state index contributed by atoms with van der Waals surface area (Å²) >= 11 is -1.21. The van der Waals surface area contributed by atoms with E-state index >= 15 is 0 Å². The summed E-state index contributed by atoms with van der Waals surface area (Å²) in [6, 6.07) is 6.60. The lowest BCUT2D eigenvalue weighted by atomic mass is 10.2. The zero-order valence-corrected chi connectivity index (χ0v) is 14.2. The van der Waals surface area contributed by atoms with Crippen molar-refractivity contribution in [3.8, 4) is 17.3 Å². The molecule has 3 rings (SSSR count). The molecule has 0 saturated carbocycles.